The van der Waals surface area contributed by atoms with Crippen LogP contribution in [-0.4, -0.2) is 31.2 Å². The Labute approximate surface area is 141 Å². The Hall–Kier alpha value is -1.92. The van der Waals surface area contributed by atoms with E-state index < -0.39 is 0 Å². The number of nitrogens with one attached hydrogen (secondary N) is 2. The molecule has 1 aromatic carbocycles. The van der Waals surface area contributed by atoms with Crippen molar-refractivity contribution < 1.29 is 9.53 Å². The number of thiazole rings is 1. The standard InChI is InChI=1S/C17H23N3O2S/c1-11(2)16(21)19-14-7-5-13(6-8-14)15-12(3)23-17(20-15)18-9-10-22-4/h5-8,11H,9-10H2,1-4H3,(H,18,20)(H,19,21). The van der Waals surface area contributed by atoms with E-state index in [9.17, 15) is 4.79 Å². The van der Waals surface area contributed by atoms with Crippen molar-refractivity contribution in [3.8, 4) is 11.3 Å². The topological polar surface area (TPSA) is 63.2 Å². The molecule has 0 saturated heterocycles. The molecule has 2 rings (SSSR count). The Morgan fingerprint density at radius 2 is 2.00 bits per heavy atom. The van der Waals surface area contributed by atoms with Crippen molar-refractivity contribution >= 4 is 28.1 Å². The van der Waals surface area contributed by atoms with Crippen LogP contribution in [0.3, 0.4) is 0 Å². The highest BCUT2D eigenvalue weighted by Gasteiger charge is 2.11. The normalized spacial score (nSPS) is 10.8. The second-order valence-electron chi connectivity index (χ2n) is 5.56. The third kappa shape index (κ3) is 4.77. The zero-order chi connectivity index (χ0) is 16.8. The van der Waals surface area contributed by atoms with Crippen LogP contribution in [0.25, 0.3) is 11.3 Å². The fourth-order valence-electron chi connectivity index (χ4n) is 2.00. The Kier molecular flexibility index (Phi) is 6.12. The molecule has 0 aliphatic carbocycles. The van der Waals surface area contributed by atoms with E-state index in [1.165, 1.54) is 0 Å². The number of ether oxygens (including phenoxy) is 1. The smallest absolute Gasteiger partial charge is 0.226 e. The monoisotopic (exact) mass is 333 g/mol. The first-order valence-electron chi connectivity index (χ1n) is 7.62. The van der Waals surface area contributed by atoms with Gasteiger partial charge in [0.1, 0.15) is 0 Å². The number of amides is 1. The number of aryl methyl sites for hydroxylation is 1. The van der Waals surface area contributed by atoms with Gasteiger partial charge in [-0.1, -0.05) is 26.0 Å². The summed E-state index contributed by atoms with van der Waals surface area (Å²) < 4.78 is 5.03. The molecule has 0 fully saturated rings. The number of carbonyl (C=O) groups is 1. The summed E-state index contributed by atoms with van der Waals surface area (Å²) in [4.78, 5) is 17.5. The van der Waals surface area contributed by atoms with E-state index in [0.29, 0.717) is 6.61 Å². The average Bonchev–Trinajstić information content (AvgIpc) is 2.89. The molecule has 124 valence electrons. The zero-order valence-electron chi connectivity index (χ0n) is 14.0. The minimum absolute atomic E-state index is 0.0206. The lowest BCUT2D eigenvalue weighted by molar-refractivity contribution is -0.118. The summed E-state index contributed by atoms with van der Waals surface area (Å²) in [6.45, 7) is 7.20. The molecule has 2 N–H and O–H groups in total. The van der Waals surface area contributed by atoms with E-state index in [-0.39, 0.29) is 11.8 Å². The minimum Gasteiger partial charge on any atom is -0.383 e. The summed E-state index contributed by atoms with van der Waals surface area (Å²) in [7, 11) is 1.68. The van der Waals surface area contributed by atoms with Gasteiger partial charge in [-0.3, -0.25) is 4.79 Å². The number of carbonyl (C=O) groups excluding carboxylic acids is 1. The Morgan fingerprint density at radius 3 is 2.61 bits per heavy atom. The van der Waals surface area contributed by atoms with Gasteiger partial charge in [0.15, 0.2) is 5.13 Å². The predicted octanol–water partition coefficient (Wildman–Crippen LogP) is 3.77. The highest BCUT2D eigenvalue weighted by Crippen LogP contribution is 2.30. The SMILES string of the molecule is COCCNc1nc(-c2ccc(NC(=O)C(C)C)cc2)c(C)s1. The molecule has 1 heterocycles. The molecule has 0 saturated carbocycles. The zero-order valence-corrected chi connectivity index (χ0v) is 14.8. The molecule has 0 aliphatic rings. The number of rotatable bonds is 7. The number of anilines is 2. The number of nitrogens with zero attached hydrogens (tertiary/aromatic N) is 1. The third-order valence-electron chi connectivity index (χ3n) is 3.33. The van der Waals surface area contributed by atoms with Gasteiger partial charge in [-0.25, -0.2) is 4.98 Å². The van der Waals surface area contributed by atoms with E-state index in [1.807, 2.05) is 38.1 Å². The maximum absolute atomic E-state index is 11.7. The van der Waals surface area contributed by atoms with Crippen LogP contribution in [0.4, 0.5) is 10.8 Å². The van der Waals surface area contributed by atoms with Crippen molar-refractivity contribution in [2.24, 2.45) is 5.92 Å². The van der Waals surface area contributed by atoms with E-state index >= 15 is 0 Å². The van der Waals surface area contributed by atoms with Gasteiger partial charge in [-0.05, 0) is 19.1 Å². The predicted molar refractivity (Wildman–Crippen MR) is 96.1 cm³/mol. The molecule has 1 amide bonds. The van der Waals surface area contributed by atoms with Gasteiger partial charge in [0.2, 0.25) is 5.91 Å². The van der Waals surface area contributed by atoms with Crippen LogP contribution in [0.1, 0.15) is 18.7 Å². The van der Waals surface area contributed by atoms with Crippen LogP contribution in [0.5, 0.6) is 0 Å². The largest absolute Gasteiger partial charge is 0.383 e. The molecule has 23 heavy (non-hydrogen) atoms. The van der Waals surface area contributed by atoms with Crippen LogP contribution in [0.15, 0.2) is 24.3 Å². The number of benzene rings is 1. The van der Waals surface area contributed by atoms with E-state index in [4.69, 9.17) is 4.74 Å². The molecule has 0 aliphatic heterocycles. The number of hydrogen-bond donors (Lipinski definition) is 2. The van der Waals surface area contributed by atoms with Crippen molar-refractivity contribution in [2.45, 2.75) is 20.8 Å². The first kappa shape index (κ1) is 17.4. The second-order valence-corrected chi connectivity index (χ2v) is 6.77. The van der Waals surface area contributed by atoms with Gasteiger partial charge in [0.05, 0.1) is 12.3 Å². The van der Waals surface area contributed by atoms with Gasteiger partial charge in [0.25, 0.3) is 0 Å². The maximum Gasteiger partial charge on any atom is 0.226 e. The van der Waals surface area contributed by atoms with Crippen molar-refractivity contribution in [3.05, 3.63) is 29.1 Å². The summed E-state index contributed by atoms with van der Waals surface area (Å²) in [5, 5.41) is 7.04. The molecular formula is C17H23N3O2S. The summed E-state index contributed by atoms with van der Waals surface area (Å²) in [6, 6.07) is 7.78. The highest BCUT2D eigenvalue weighted by molar-refractivity contribution is 7.16. The van der Waals surface area contributed by atoms with Crippen molar-refractivity contribution in [3.63, 3.8) is 0 Å². The number of hydrogen-bond acceptors (Lipinski definition) is 5. The van der Waals surface area contributed by atoms with Crippen molar-refractivity contribution in [1.29, 1.82) is 0 Å². The van der Waals surface area contributed by atoms with Gasteiger partial charge >= 0.3 is 0 Å². The minimum atomic E-state index is -0.0313. The summed E-state index contributed by atoms with van der Waals surface area (Å²) in [6.07, 6.45) is 0. The van der Waals surface area contributed by atoms with Crippen LogP contribution >= 0.6 is 11.3 Å². The molecule has 6 heteroatoms. The first-order chi connectivity index (χ1) is 11.0. The van der Waals surface area contributed by atoms with Crippen molar-refractivity contribution in [1.82, 2.24) is 4.98 Å². The summed E-state index contributed by atoms with van der Waals surface area (Å²) >= 11 is 1.63. The molecule has 0 unspecified atom stereocenters. The van der Waals surface area contributed by atoms with Gasteiger partial charge < -0.3 is 15.4 Å². The molecule has 1 aromatic heterocycles. The lowest BCUT2D eigenvalue weighted by Gasteiger charge is -2.08. The fraction of sp³-hybridized carbons (Fsp3) is 0.412. The van der Waals surface area contributed by atoms with Gasteiger partial charge in [0, 0.05) is 35.7 Å². The van der Waals surface area contributed by atoms with Crippen molar-refractivity contribution in [2.75, 3.05) is 30.9 Å². The maximum atomic E-state index is 11.7. The van der Waals surface area contributed by atoms with Crippen LogP contribution in [0, 0.1) is 12.8 Å². The highest BCUT2D eigenvalue weighted by atomic mass is 32.1. The molecular weight excluding hydrogens is 310 g/mol. The molecule has 0 atom stereocenters. The first-order valence-corrected chi connectivity index (χ1v) is 8.44. The second kappa shape index (κ2) is 8.08. The lowest BCUT2D eigenvalue weighted by atomic mass is 10.1. The number of methoxy groups -OCH3 is 1. The Morgan fingerprint density at radius 1 is 1.30 bits per heavy atom. The molecule has 5 nitrogen and oxygen atoms in total. The number of aromatic nitrogens is 1. The molecule has 0 spiro atoms. The van der Waals surface area contributed by atoms with Gasteiger partial charge in [-0.2, -0.15) is 0 Å². The Bertz CT molecular complexity index is 650. The van der Waals surface area contributed by atoms with E-state index in [2.05, 4.69) is 22.5 Å². The lowest BCUT2D eigenvalue weighted by Crippen LogP contribution is -2.17. The third-order valence-corrected chi connectivity index (χ3v) is 4.26. The van der Waals surface area contributed by atoms with Gasteiger partial charge in [-0.15, -0.1) is 11.3 Å². The van der Waals surface area contributed by atoms with Crippen LogP contribution in [0.2, 0.25) is 0 Å². The molecule has 0 radical (unpaired) electrons. The van der Waals surface area contributed by atoms with E-state index in [1.54, 1.807) is 18.4 Å². The van der Waals surface area contributed by atoms with E-state index in [0.717, 1.165) is 33.5 Å². The van der Waals surface area contributed by atoms with Crippen LogP contribution < -0.4 is 10.6 Å². The fourth-order valence-corrected chi connectivity index (χ4v) is 2.86. The van der Waals surface area contributed by atoms with Crippen LogP contribution in [-0.2, 0) is 9.53 Å². The quantitative estimate of drug-likeness (QED) is 0.757. The molecule has 2 aromatic rings. The summed E-state index contributed by atoms with van der Waals surface area (Å²) in [5.41, 5.74) is 2.82. The Balaban J connectivity index is 2.08. The summed E-state index contributed by atoms with van der Waals surface area (Å²) in [5.74, 6) is -0.0107. The average molecular weight is 333 g/mol. The molecule has 0 bridgehead atoms.